The number of aliphatic imine (C=N–C) groups is 1. The summed E-state index contributed by atoms with van der Waals surface area (Å²) in [5.74, 6) is -0.234. The van der Waals surface area contributed by atoms with E-state index >= 15 is 0 Å². The van der Waals surface area contributed by atoms with Gasteiger partial charge in [0.05, 0.1) is 15.6 Å². The number of rotatable bonds is 2. The van der Waals surface area contributed by atoms with Gasteiger partial charge in [-0.15, -0.1) is 0 Å². The number of nitrogens with zero attached hydrogens (tertiary/aromatic N) is 1. The standard InChI is InChI=1S/C15H10ClN3O2S/c16-10-3-1-2-4-11(10)18-15-19-14(21)12(22-15)7-9-5-6-13(20)17-8-9/h1-8H,(H,17,20)(H,18,19,21). The van der Waals surface area contributed by atoms with Crippen molar-refractivity contribution >= 4 is 46.2 Å². The van der Waals surface area contributed by atoms with Gasteiger partial charge < -0.3 is 10.3 Å². The average molecular weight is 332 g/mol. The van der Waals surface area contributed by atoms with Crippen LogP contribution in [0.2, 0.25) is 5.02 Å². The molecule has 22 heavy (non-hydrogen) atoms. The number of nitrogens with one attached hydrogen (secondary N) is 2. The zero-order valence-corrected chi connectivity index (χ0v) is 12.7. The minimum atomic E-state index is -0.234. The molecule has 1 aliphatic rings. The van der Waals surface area contributed by atoms with Crippen molar-refractivity contribution in [1.82, 2.24) is 10.3 Å². The molecule has 1 aromatic carbocycles. The molecule has 1 amide bonds. The quantitative estimate of drug-likeness (QED) is 0.831. The number of amidine groups is 1. The van der Waals surface area contributed by atoms with Crippen LogP contribution >= 0.6 is 23.4 Å². The van der Waals surface area contributed by atoms with Crippen LogP contribution < -0.4 is 10.9 Å². The zero-order valence-electron chi connectivity index (χ0n) is 11.2. The van der Waals surface area contributed by atoms with E-state index < -0.39 is 0 Å². The molecule has 110 valence electrons. The number of thioether (sulfide) groups is 1. The molecule has 2 aromatic rings. The van der Waals surface area contributed by atoms with Gasteiger partial charge >= 0.3 is 0 Å². The molecule has 5 nitrogen and oxygen atoms in total. The highest BCUT2D eigenvalue weighted by Gasteiger charge is 2.23. The average Bonchev–Trinajstić information content (AvgIpc) is 2.84. The van der Waals surface area contributed by atoms with Crippen LogP contribution in [-0.2, 0) is 4.79 Å². The third-order valence-electron chi connectivity index (χ3n) is 2.83. The lowest BCUT2D eigenvalue weighted by molar-refractivity contribution is -0.115. The van der Waals surface area contributed by atoms with E-state index in [0.717, 1.165) is 5.56 Å². The zero-order chi connectivity index (χ0) is 15.5. The number of amides is 1. The molecule has 7 heteroatoms. The fraction of sp³-hybridized carbons (Fsp3) is 0. The van der Waals surface area contributed by atoms with Gasteiger partial charge in [-0.05, 0) is 41.6 Å². The normalized spacial score (nSPS) is 18.0. The number of para-hydroxylation sites is 1. The minimum absolute atomic E-state index is 0.188. The Morgan fingerprint density at radius 1 is 1.14 bits per heavy atom. The van der Waals surface area contributed by atoms with E-state index in [4.69, 9.17) is 11.6 Å². The molecular weight excluding hydrogens is 322 g/mol. The van der Waals surface area contributed by atoms with Gasteiger partial charge in [0.2, 0.25) is 5.56 Å². The van der Waals surface area contributed by atoms with Crippen molar-refractivity contribution in [2.24, 2.45) is 4.99 Å². The van der Waals surface area contributed by atoms with Crippen LogP contribution in [0.5, 0.6) is 0 Å². The van der Waals surface area contributed by atoms with Crippen LogP contribution in [0.25, 0.3) is 6.08 Å². The molecule has 1 saturated heterocycles. The Morgan fingerprint density at radius 2 is 1.95 bits per heavy atom. The molecule has 0 saturated carbocycles. The second-order valence-corrected chi connectivity index (χ2v) is 5.86. The van der Waals surface area contributed by atoms with Crippen molar-refractivity contribution in [3.05, 3.63) is 68.4 Å². The molecule has 2 N–H and O–H groups in total. The molecule has 1 aromatic heterocycles. The Kier molecular flexibility index (Phi) is 4.13. The van der Waals surface area contributed by atoms with Gasteiger partial charge in [0.15, 0.2) is 5.17 Å². The number of halogens is 1. The van der Waals surface area contributed by atoms with Gasteiger partial charge in [-0.1, -0.05) is 23.7 Å². The van der Waals surface area contributed by atoms with E-state index in [0.29, 0.717) is 20.8 Å². The van der Waals surface area contributed by atoms with Gasteiger partial charge in [-0.2, -0.15) is 0 Å². The first-order valence-corrected chi connectivity index (χ1v) is 7.54. The predicted molar refractivity (Wildman–Crippen MR) is 89.3 cm³/mol. The van der Waals surface area contributed by atoms with E-state index in [1.165, 1.54) is 17.8 Å². The largest absolute Gasteiger partial charge is 0.329 e. The lowest BCUT2D eigenvalue weighted by Gasteiger charge is -1.98. The Labute approximate surface area is 135 Å². The molecule has 3 rings (SSSR count). The highest BCUT2D eigenvalue weighted by Crippen LogP contribution is 2.30. The second-order valence-electron chi connectivity index (χ2n) is 4.42. The Morgan fingerprint density at radius 3 is 2.68 bits per heavy atom. The Bertz CT molecular complexity index is 837. The van der Waals surface area contributed by atoms with Crippen LogP contribution in [0.15, 0.2) is 57.3 Å². The van der Waals surface area contributed by atoms with Crippen LogP contribution in [0.1, 0.15) is 5.56 Å². The molecule has 2 heterocycles. The fourth-order valence-corrected chi connectivity index (χ4v) is 2.81. The third kappa shape index (κ3) is 3.29. The first-order chi connectivity index (χ1) is 10.6. The van der Waals surface area contributed by atoms with Crippen molar-refractivity contribution in [2.75, 3.05) is 0 Å². The number of aromatic amines is 1. The van der Waals surface area contributed by atoms with Crippen molar-refractivity contribution in [2.45, 2.75) is 0 Å². The first-order valence-electron chi connectivity index (χ1n) is 6.35. The van der Waals surface area contributed by atoms with Crippen molar-refractivity contribution in [3.8, 4) is 0 Å². The van der Waals surface area contributed by atoms with Crippen LogP contribution in [-0.4, -0.2) is 16.1 Å². The van der Waals surface area contributed by atoms with Crippen molar-refractivity contribution < 1.29 is 4.79 Å². The number of H-pyrrole nitrogens is 1. The predicted octanol–water partition coefficient (Wildman–Crippen LogP) is 2.92. The third-order valence-corrected chi connectivity index (χ3v) is 4.06. The van der Waals surface area contributed by atoms with Gasteiger partial charge in [0, 0.05) is 12.3 Å². The molecule has 0 radical (unpaired) electrons. The Hall–Kier alpha value is -2.31. The topological polar surface area (TPSA) is 74.3 Å². The second kappa shape index (κ2) is 6.21. The number of carbonyl (C=O) groups is 1. The minimum Gasteiger partial charge on any atom is -0.329 e. The smallest absolute Gasteiger partial charge is 0.264 e. The lowest BCUT2D eigenvalue weighted by Crippen LogP contribution is -2.19. The fourth-order valence-electron chi connectivity index (χ4n) is 1.80. The van der Waals surface area contributed by atoms with Gasteiger partial charge in [0.1, 0.15) is 0 Å². The lowest BCUT2D eigenvalue weighted by atomic mass is 10.2. The van der Waals surface area contributed by atoms with Crippen LogP contribution in [0.4, 0.5) is 5.69 Å². The summed E-state index contributed by atoms with van der Waals surface area (Å²) in [4.78, 5) is 30.4. The maximum atomic E-state index is 11.9. The summed E-state index contributed by atoms with van der Waals surface area (Å²) in [5.41, 5.74) is 1.14. The number of carbonyl (C=O) groups excluding carboxylic acids is 1. The van der Waals surface area contributed by atoms with Crippen LogP contribution in [0.3, 0.4) is 0 Å². The summed E-state index contributed by atoms with van der Waals surface area (Å²) in [5, 5.41) is 3.67. The summed E-state index contributed by atoms with van der Waals surface area (Å²) >= 11 is 7.26. The summed E-state index contributed by atoms with van der Waals surface area (Å²) in [6.45, 7) is 0. The molecular formula is C15H10ClN3O2S. The molecule has 0 aliphatic carbocycles. The number of hydrogen-bond donors (Lipinski definition) is 2. The van der Waals surface area contributed by atoms with E-state index in [1.54, 1.807) is 30.5 Å². The van der Waals surface area contributed by atoms with Gasteiger partial charge in [-0.25, -0.2) is 4.99 Å². The summed E-state index contributed by atoms with van der Waals surface area (Å²) < 4.78 is 0. The SMILES string of the molecule is O=C1NC(=Nc2ccccc2Cl)SC1=Cc1ccc(=O)[nH]c1. The van der Waals surface area contributed by atoms with Crippen molar-refractivity contribution in [3.63, 3.8) is 0 Å². The highest BCUT2D eigenvalue weighted by molar-refractivity contribution is 8.18. The van der Waals surface area contributed by atoms with E-state index in [-0.39, 0.29) is 11.5 Å². The highest BCUT2D eigenvalue weighted by atomic mass is 35.5. The number of aromatic nitrogens is 1. The summed E-state index contributed by atoms with van der Waals surface area (Å²) in [6.07, 6.45) is 3.23. The van der Waals surface area contributed by atoms with Gasteiger partial charge in [0.25, 0.3) is 5.91 Å². The molecule has 1 fully saturated rings. The Balaban J connectivity index is 1.86. The molecule has 0 spiro atoms. The molecule has 1 aliphatic heterocycles. The monoisotopic (exact) mass is 331 g/mol. The van der Waals surface area contributed by atoms with Crippen LogP contribution in [0, 0.1) is 0 Å². The maximum absolute atomic E-state index is 11.9. The molecule has 0 atom stereocenters. The number of pyridine rings is 1. The first kappa shape index (κ1) is 14.6. The van der Waals surface area contributed by atoms with Crippen molar-refractivity contribution in [1.29, 1.82) is 0 Å². The summed E-state index contributed by atoms with van der Waals surface area (Å²) in [7, 11) is 0. The number of benzene rings is 1. The van der Waals surface area contributed by atoms with E-state index in [2.05, 4.69) is 15.3 Å². The molecule has 0 unspecified atom stereocenters. The number of hydrogen-bond acceptors (Lipinski definition) is 4. The maximum Gasteiger partial charge on any atom is 0.264 e. The van der Waals surface area contributed by atoms with Gasteiger partial charge in [-0.3, -0.25) is 9.59 Å². The summed E-state index contributed by atoms with van der Waals surface area (Å²) in [6, 6.07) is 10.2. The molecule has 0 bridgehead atoms. The van der Waals surface area contributed by atoms with E-state index in [1.807, 2.05) is 12.1 Å². The van der Waals surface area contributed by atoms with E-state index in [9.17, 15) is 9.59 Å².